The third-order valence-electron chi connectivity index (χ3n) is 3.74. The minimum absolute atomic E-state index is 0.275. The zero-order chi connectivity index (χ0) is 16.6. The monoisotopic (exact) mass is 371 g/mol. The van der Waals surface area contributed by atoms with Crippen molar-refractivity contribution >= 4 is 27.2 Å². The molecule has 0 unspecified atom stereocenters. The third kappa shape index (κ3) is 2.60. The predicted octanol–water partition coefficient (Wildman–Crippen LogP) is 3.17. The quantitative estimate of drug-likeness (QED) is 0.790. The normalized spacial score (nSPS) is 13.1. The van der Waals surface area contributed by atoms with Crippen molar-refractivity contribution < 1.29 is 9.47 Å². The van der Waals surface area contributed by atoms with Gasteiger partial charge in [0.25, 0.3) is 0 Å². The number of allylic oxidation sites excluding steroid dienone is 1. The summed E-state index contributed by atoms with van der Waals surface area (Å²) >= 11 is 3.41. The summed E-state index contributed by atoms with van der Waals surface area (Å²) in [6.45, 7) is 0. The highest BCUT2D eigenvalue weighted by Crippen LogP contribution is 2.39. The lowest BCUT2D eigenvalue weighted by molar-refractivity contribution is 0.408. The molecule has 0 aromatic heterocycles. The molecule has 4 N–H and O–H groups in total. The van der Waals surface area contributed by atoms with Gasteiger partial charge < -0.3 is 20.9 Å². The molecule has 0 bridgehead atoms. The van der Waals surface area contributed by atoms with Gasteiger partial charge in [-0.05, 0) is 39.7 Å². The van der Waals surface area contributed by atoms with Crippen LogP contribution in [0.3, 0.4) is 0 Å². The van der Waals surface area contributed by atoms with E-state index in [1.807, 2.05) is 18.2 Å². The van der Waals surface area contributed by atoms with E-state index >= 15 is 0 Å². The SMILES string of the molecule is COc1ccc(C2=C(N)Oc3cc(N)ccc3C2)c(C#N)c1Br. The molecule has 0 spiro atoms. The summed E-state index contributed by atoms with van der Waals surface area (Å²) in [6, 6.07) is 11.3. The van der Waals surface area contributed by atoms with Gasteiger partial charge in [0.2, 0.25) is 0 Å². The first-order chi connectivity index (χ1) is 11.0. The van der Waals surface area contributed by atoms with Gasteiger partial charge in [0, 0.05) is 29.3 Å². The molecule has 0 aliphatic carbocycles. The van der Waals surface area contributed by atoms with Crippen molar-refractivity contribution in [1.29, 1.82) is 5.26 Å². The molecule has 5 nitrogen and oxygen atoms in total. The van der Waals surface area contributed by atoms with Gasteiger partial charge in [-0.2, -0.15) is 5.26 Å². The number of methoxy groups -OCH3 is 1. The smallest absolute Gasteiger partial charge is 0.195 e. The molecular formula is C17H14BrN3O2. The van der Waals surface area contributed by atoms with E-state index in [4.69, 9.17) is 20.9 Å². The van der Waals surface area contributed by atoms with Crippen molar-refractivity contribution in [3.8, 4) is 17.6 Å². The molecule has 0 fully saturated rings. The topological polar surface area (TPSA) is 94.3 Å². The maximum absolute atomic E-state index is 9.51. The van der Waals surface area contributed by atoms with Crippen LogP contribution in [-0.4, -0.2) is 7.11 Å². The molecule has 6 heteroatoms. The Balaban J connectivity index is 2.12. The van der Waals surface area contributed by atoms with E-state index in [0.29, 0.717) is 33.6 Å². The van der Waals surface area contributed by atoms with Crippen LogP contribution in [0.25, 0.3) is 5.57 Å². The Morgan fingerprint density at radius 3 is 2.74 bits per heavy atom. The van der Waals surface area contributed by atoms with Crippen molar-refractivity contribution in [2.75, 3.05) is 12.8 Å². The van der Waals surface area contributed by atoms with Crippen LogP contribution in [0.2, 0.25) is 0 Å². The maximum atomic E-state index is 9.51. The van der Waals surface area contributed by atoms with Crippen LogP contribution < -0.4 is 20.9 Å². The zero-order valence-corrected chi connectivity index (χ0v) is 14.0. The average molecular weight is 372 g/mol. The van der Waals surface area contributed by atoms with Gasteiger partial charge in [-0.25, -0.2) is 0 Å². The molecule has 0 saturated carbocycles. The standard InChI is InChI=1S/C17H14BrN3O2/c1-22-14-5-4-11(13(8-19)16(14)18)12-6-9-2-3-10(20)7-15(9)23-17(12)21/h2-5,7H,6,20-21H2,1H3. The average Bonchev–Trinajstić information content (AvgIpc) is 2.54. The minimum atomic E-state index is 0.275. The van der Waals surface area contributed by atoms with Crippen LogP contribution in [0, 0.1) is 11.3 Å². The Morgan fingerprint density at radius 1 is 1.26 bits per heavy atom. The van der Waals surface area contributed by atoms with Crippen LogP contribution in [-0.2, 0) is 6.42 Å². The van der Waals surface area contributed by atoms with Gasteiger partial charge in [-0.1, -0.05) is 6.07 Å². The summed E-state index contributed by atoms with van der Waals surface area (Å²) in [7, 11) is 1.55. The molecule has 2 aromatic carbocycles. The second kappa shape index (κ2) is 5.86. The Bertz CT molecular complexity index is 869. The number of halogens is 1. The highest BCUT2D eigenvalue weighted by Gasteiger charge is 2.23. The number of hydrogen-bond acceptors (Lipinski definition) is 5. The number of fused-ring (bicyclic) bond motifs is 1. The molecule has 1 heterocycles. The van der Waals surface area contributed by atoms with Gasteiger partial charge in [0.1, 0.15) is 17.6 Å². The summed E-state index contributed by atoms with van der Waals surface area (Å²) in [5.74, 6) is 1.52. The summed E-state index contributed by atoms with van der Waals surface area (Å²) in [5, 5.41) is 9.51. The fourth-order valence-electron chi connectivity index (χ4n) is 2.57. The number of nitrogen functional groups attached to an aromatic ring is 1. The zero-order valence-electron chi connectivity index (χ0n) is 12.4. The van der Waals surface area contributed by atoms with Crippen molar-refractivity contribution in [2.24, 2.45) is 5.73 Å². The number of nitriles is 1. The number of benzene rings is 2. The van der Waals surface area contributed by atoms with Crippen LogP contribution >= 0.6 is 15.9 Å². The van der Waals surface area contributed by atoms with E-state index in [1.54, 1.807) is 19.2 Å². The van der Waals surface area contributed by atoms with Crippen molar-refractivity contribution in [2.45, 2.75) is 6.42 Å². The first kappa shape index (κ1) is 15.3. The van der Waals surface area contributed by atoms with Gasteiger partial charge in [-0.15, -0.1) is 0 Å². The predicted molar refractivity (Wildman–Crippen MR) is 91.7 cm³/mol. The molecule has 116 valence electrons. The van der Waals surface area contributed by atoms with Gasteiger partial charge >= 0.3 is 0 Å². The molecule has 1 aliphatic heterocycles. The van der Waals surface area contributed by atoms with E-state index in [9.17, 15) is 5.26 Å². The summed E-state index contributed by atoms with van der Waals surface area (Å²) in [6.07, 6.45) is 0.564. The lowest BCUT2D eigenvalue weighted by Crippen LogP contribution is -2.17. The molecule has 0 amide bonds. The van der Waals surface area contributed by atoms with Crippen LogP contribution in [0.5, 0.6) is 11.5 Å². The third-order valence-corrected chi connectivity index (χ3v) is 4.53. The minimum Gasteiger partial charge on any atom is -0.496 e. The second-order valence-electron chi connectivity index (χ2n) is 5.10. The molecule has 0 atom stereocenters. The largest absolute Gasteiger partial charge is 0.496 e. The van der Waals surface area contributed by atoms with Gasteiger partial charge in [0.05, 0.1) is 17.1 Å². The van der Waals surface area contributed by atoms with Crippen LogP contribution in [0.1, 0.15) is 16.7 Å². The van der Waals surface area contributed by atoms with Gasteiger partial charge in [-0.3, -0.25) is 0 Å². The van der Waals surface area contributed by atoms with Crippen molar-refractivity contribution in [3.05, 3.63) is 57.4 Å². The van der Waals surface area contributed by atoms with E-state index < -0.39 is 0 Å². The Hall–Kier alpha value is -2.65. The molecule has 23 heavy (non-hydrogen) atoms. The number of rotatable bonds is 2. The Kier molecular flexibility index (Phi) is 3.89. The highest BCUT2D eigenvalue weighted by molar-refractivity contribution is 9.10. The Morgan fingerprint density at radius 2 is 2.04 bits per heavy atom. The molecule has 0 radical (unpaired) electrons. The highest BCUT2D eigenvalue weighted by atomic mass is 79.9. The number of anilines is 1. The maximum Gasteiger partial charge on any atom is 0.195 e. The molecule has 1 aliphatic rings. The number of nitrogens with zero attached hydrogens (tertiary/aromatic N) is 1. The second-order valence-corrected chi connectivity index (χ2v) is 5.90. The van der Waals surface area contributed by atoms with E-state index in [1.165, 1.54) is 0 Å². The van der Waals surface area contributed by atoms with E-state index in [-0.39, 0.29) is 5.88 Å². The fraction of sp³-hybridized carbons (Fsp3) is 0.118. The van der Waals surface area contributed by atoms with Gasteiger partial charge in [0.15, 0.2) is 5.88 Å². The van der Waals surface area contributed by atoms with E-state index in [2.05, 4.69) is 22.0 Å². The molecular weight excluding hydrogens is 358 g/mol. The summed E-state index contributed by atoms with van der Waals surface area (Å²) < 4.78 is 11.5. The summed E-state index contributed by atoms with van der Waals surface area (Å²) in [5.41, 5.74) is 15.4. The summed E-state index contributed by atoms with van der Waals surface area (Å²) in [4.78, 5) is 0. The number of ether oxygens (including phenoxy) is 2. The first-order valence-electron chi connectivity index (χ1n) is 6.87. The van der Waals surface area contributed by atoms with Crippen LogP contribution in [0.4, 0.5) is 5.69 Å². The van der Waals surface area contributed by atoms with Crippen molar-refractivity contribution in [3.63, 3.8) is 0 Å². The van der Waals surface area contributed by atoms with E-state index in [0.717, 1.165) is 16.7 Å². The first-order valence-corrected chi connectivity index (χ1v) is 7.66. The lowest BCUT2D eigenvalue weighted by Gasteiger charge is -2.22. The lowest BCUT2D eigenvalue weighted by atomic mass is 9.93. The van der Waals surface area contributed by atoms with Crippen LogP contribution in [0.15, 0.2) is 40.7 Å². The fourth-order valence-corrected chi connectivity index (χ4v) is 3.17. The Labute approximate surface area is 142 Å². The molecule has 3 rings (SSSR count). The molecule has 2 aromatic rings. The van der Waals surface area contributed by atoms with Crippen molar-refractivity contribution in [1.82, 2.24) is 0 Å². The number of hydrogen-bond donors (Lipinski definition) is 2. The number of nitrogens with two attached hydrogens (primary N) is 2. The molecule has 0 saturated heterocycles.